The van der Waals surface area contributed by atoms with Crippen molar-refractivity contribution in [3.63, 3.8) is 0 Å². The summed E-state index contributed by atoms with van der Waals surface area (Å²) in [6.45, 7) is 0.749. The van der Waals surface area contributed by atoms with Gasteiger partial charge in [0.2, 0.25) is 17.5 Å². The Bertz CT molecular complexity index is 1530. The van der Waals surface area contributed by atoms with Gasteiger partial charge in [-0.1, -0.05) is 12.1 Å². The molecule has 0 radical (unpaired) electrons. The summed E-state index contributed by atoms with van der Waals surface area (Å²) in [6, 6.07) is 15.2. The zero-order valence-electron chi connectivity index (χ0n) is 22.0. The van der Waals surface area contributed by atoms with Crippen LogP contribution in [-0.4, -0.2) is 66.6 Å². The third kappa shape index (κ3) is 5.57. The maximum atomic E-state index is 13.2. The quantitative estimate of drug-likeness (QED) is 0.321. The van der Waals surface area contributed by atoms with E-state index in [1.54, 1.807) is 54.6 Å². The van der Waals surface area contributed by atoms with Crippen molar-refractivity contribution in [2.75, 3.05) is 45.2 Å². The van der Waals surface area contributed by atoms with E-state index in [2.05, 4.69) is 26.0 Å². The maximum Gasteiger partial charge on any atom is 0.255 e. The lowest BCUT2D eigenvalue weighted by molar-refractivity contribution is -0.117. The number of methoxy groups -OCH3 is 3. The van der Waals surface area contributed by atoms with Gasteiger partial charge in [0.15, 0.2) is 23.0 Å². The lowest BCUT2D eigenvalue weighted by Gasteiger charge is -2.18. The zero-order valence-corrected chi connectivity index (χ0v) is 22.0. The minimum atomic E-state index is -0.419. The number of aromatic nitrogens is 4. The Morgan fingerprint density at radius 3 is 2.35 bits per heavy atom. The summed E-state index contributed by atoms with van der Waals surface area (Å²) in [5, 5.41) is 18.1. The molecule has 0 fully saturated rings. The van der Waals surface area contributed by atoms with E-state index in [0.717, 1.165) is 0 Å². The fourth-order valence-electron chi connectivity index (χ4n) is 4.06. The number of rotatable bonds is 9. The predicted octanol–water partition coefficient (Wildman–Crippen LogP) is 3.03. The van der Waals surface area contributed by atoms with Gasteiger partial charge >= 0.3 is 0 Å². The topological polar surface area (TPSA) is 148 Å². The minimum absolute atomic E-state index is 0.179. The fraction of sp³-hybridized carbons (Fsp3) is 0.222. The number of carbonyl (C=O) groups is 2. The van der Waals surface area contributed by atoms with Gasteiger partial charge in [0.05, 0.1) is 27.0 Å². The number of anilines is 2. The molecule has 1 aromatic heterocycles. The van der Waals surface area contributed by atoms with Crippen molar-refractivity contribution in [2.45, 2.75) is 6.54 Å². The zero-order chi connectivity index (χ0) is 28.1. The SMILES string of the molecule is COc1cc(C(=O)Nc2ccccc2-c2nnn(CC(=O)Nc3ccc4c(c3)OCCO4)n2)cc(OC)c1OC. The van der Waals surface area contributed by atoms with Gasteiger partial charge in [0.25, 0.3) is 5.91 Å². The molecule has 0 spiro atoms. The number of tetrazole rings is 1. The minimum Gasteiger partial charge on any atom is -0.493 e. The maximum absolute atomic E-state index is 13.2. The van der Waals surface area contributed by atoms with Crippen LogP contribution in [0.2, 0.25) is 0 Å². The first-order chi connectivity index (χ1) is 19.5. The van der Waals surface area contributed by atoms with E-state index in [1.165, 1.54) is 26.1 Å². The number of carbonyl (C=O) groups excluding carboxylic acids is 2. The van der Waals surface area contributed by atoms with E-state index >= 15 is 0 Å². The van der Waals surface area contributed by atoms with E-state index in [4.69, 9.17) is 23.7 Å². The second-order valence-corrected chi connectivity index (χ2v) is 8.46. The van der Waals surface area contributed by atoms with Crippen molar-refractivity contribution in [1.82, 2.24) is 20.2 Å². The molecule has 1 aliphatic rings. The summed E-state index contributed by atoms with van der Waals surface area (Å²) in [6.07, 6.45) is 0. The Morgan fingerprint density at radius 2 is 1.62 bits per heavy atom. The molecule has 0 atom stereocenters. The van der Waals surface area contributed by atoms with Crippen LogP contribution >= 0.6 is 0 Å². The molecule has 13 nitrogen and oxygen atoms in total. The van der Waals surface area contributed by atoms with Crippen LogP contribution in [0.25, 0.3) is 11.4 Å². The Kier molecular flexibility index (Phi) is 7.62. The molecule has 0 saturated carbocycles. The molecular weight excluding hydrogens is 520 g/mol. The third-order valence-corrected chi connectivity index (χ3v) is 5.91. The van der Waals surface area contributed by atoms with Crippen molar-refractivity contribution in [3.8, 4) is 40.1 Å². The molecule has 3 aromatic carbocycles. The van der Waals surface area contributed by atoms with Gasteiger partial charge in [-0.2, -0.15) is 4.80 Å². The first-order valence-corrected chi connectivity index (χ1v) is 12.2. The van der Waals surface area contributed by atoms with Gasteiger partial charge < -0.3 is 34.3 Å². The molecule has 206 valence electrons. The van der Waals surface area contributed by atoms with Gasteiger partial charge in [-0.15, -0.1) is 10.2 Å². The number of hydrogen-bond acceptors (Lipinski definition) is 10. The average Bonchev–Trinajstić information content (AvgIpc) is 3.44. The van der Waals surface area contributed by atoms with Crippen LogP contribution in [0, 0.1) is 0 Å². The van der Waals surface area contributed by atoms with Crippen molar-refractivity contribution in [2.24, 2.45) is 0 Å². The number of para-hydroxylation sites is 1. The standard InChI is InChI=1S/C27H26N6O7/c1-36-22-12-16(13-23(37-2)25(22)38-3)27(35)29-19-7-5-4-6-18(19)26-30-32-33(31-26)15-24(34)28-17-8-9-20-21(14-17)40-11-10-39-20/h4-9,12-14H,10-11,15H2,1-3H3,(H,28,34)(H,29,35). The molecule has 4 aromatic rings. The predicted molar refractivity (Wildman–Crippen MR) is 143 cm³/mol. The molecule has 40 heavy (non-hydrogen) atoms. The number of nitrogens with one attached hydrogen (secondary N) is 2. The monoisotopic (exact) mass is 546 g/mol. The first-order valence-electron chi connectivity index (χ1n) is 12.2. The third-order valence-electron chi connectivity index (χ3n) is 5.91. The van der Waals surface area contributed by atoms with Crippen LogP contribution in [-0.2, 0) is 11.3 Å². The van der Waals surface area contributed by atoms with Gasteiger partial charge in [-0.05, 0) is 41.6 Å². The van der Waals surface area contributed by atoms with Crippen molar-refractivity contribution in [3.05, 3.63) is 60.2 Å². The molecule has 0 unspecified atom stereocenters. The second kappa shape index (κ2) is 11.6. The van der Waals surface area contributed by atoms with Crippen LogP contribution in [0.4, 0.5) is 11.4 Å². The Morgan fingerprint density at radius 1 is 0.900 bits per heavy atom. The summed E-state index contributed by atoms with van der Waals surface area (Å²) in [7, 11) is 4.43. The lowest BCUT2D eigenvalue weighted by Crippen LogP contribution is -2.21. The van der Waals surface area contributed by atoms with Crippen molar-refractivity contribution >= 4 is 23.2 Å². The summed E-state index contributed by atoms with van der Waals surface area (Å²) >= 11 is 0. The molecule has 1 aliphatic heterocycles. The molecule has 0 saturated heterocycles. The van der Waals surface area contributed by atoms with Gasteiger partial charge in [-0.25, -0.2) is 0 Å². The molecule has 2 N–H and O–H groups in total. The number of nitrogens with zero attached hydrogens (tertiary/aromatic N) is 4. The van der Waals surface area contributed by atoms with Crippen LogP contribution < -0.4 is 34.3 Å². The van der Waals surface area contributed by atoms with E-state index in [1.807, 2.05) is 0 Å². The highest BCUT2D eigenvalue weighted by Crippen LogP contribution is 2.38. The number of ether oxygens (including phenoxy) is 5. The van der Waals surface area contributed by atoms with E-state index in [9.17, 15) is 9.59 Å². The Balaban J connectivity index is 1.30. The molecule has 0 aliphatic carbocycles. The fourth-order valence-corrected chi connectivity index (χ4v) is 4.06. The lowest BCUT2D eigenvalue weighted by atomic mass is 10.1. The Labute approximate surface area is 228 Å². The number of hydrogen-bond donors (Lipinski definition) is 2. The van der Waals surface area contributed by atoms with E-state index < -0.39 is 5.91 Å². The number of amides is 2. The summed E-state index contributed by atoms with van der Waals surface area (Å²) in [5.41, 5.74) is 1.80. The van der Waals surface area contributed by atoms with Gasteiger partial charge in [0, 0.05) is 22.9 Å². The summed E-state index contributed by atoms with van der Waals surface area (Å²) < 4.78 is 27.1. The summed E-state index contributed by atoms with van der Waals surface area (Å²) in [4.78, 5) is 26.9. The molecule has 0 bridgehead atoms. The van der Waals surface area contributed by atoms with Crippen LogP contribution in [0.1, 0.15) is 10.4 Å². The average molecular weight is 547 g/mol. The first kappa shape index (κ1) is 26.3. The summed E-state index contributed by atoms with van der Waals surface area (Å²) in [5.74, 6) is 1.72. The Hall–Kier alpha value is -5.33. The van der Waals surface area contributed by atoms with Crippen LogP contribution in [0.5, 0.6) is 28.7 Å². The highest BCUT2D eigenvalue weighted by molar-refractivity contribution is 6.06. The second-order valence-electron chi connectivity index (χ2n) is 8.46. The van der Waals surface area contributed by atoms with E-state index in [0.29, 0.717) is 58.9 Å². The molecule has 5 rings (SSSR count). The number of fused-ring (bicyclic) bond motifs is 1. The van der Waals surface area contributed by atoms with Gasteiger partial charge in [-0.3, -0.25) is 9.59 Å². The highest BCUT2D eigenvalue weighted by Gasteiger charge is 2.20. The van der Waals surface area contributed by atoms with Crippen LogP contribution in [0.15, 0.2) is 54.6 Å². The molecule has 13 heteroatoms. The van der Waals surface area contributed by atoms with Crippen molar-refractivity contribution in [1.29, 1.82) is 0 Å². The van der Waals surface area contributed by atoms with Crippen LogP contribution in [0.3, 0.4) is 0 Å². The smallest absolute Gasteiger partial charge is 0.255 e. The van der Waals surface area contributed by atoms with E-state index in [-0.39, 0.29) is 23.8 Å². The van der Waals surface area contributed by atoms with Gasteiger partial charge in [0.1, 0.15) is 19.8 Å². The largest absolute Gasteiger partial charge is 0.493 e. The molecule has 2 amide bonds. The van der Waals surface area contributed by atoms with Crippen molar-refractivity contribution < 1.29 is 33.3 Å². The molecular formula is C27H26N6O7. The highest BCUT2D eigenvalue weighted by atomic mass is 16.6. The molecule has 2 heterocycles. The normalized spacial score (nSPS) is 11.9. The number of benzene rings is 3.